The van der Waals surface area contributed by atoms with Crippen molar-refractivity contribution in [1.82, 2.24) is 10.3 Å². The van der Waals surface area contributed by atoms with Crippen LogP contribution in [0.2, 0.25) is 0 Å². The largest absolute Gasteiger partial charge is 0.362 e. The number of anilines is 1. The van der Waals surface area contributed by atoms with Crippen LogP contribution in [-0.4, -0.2) is 35.6 Å². The molecule has 17 heavy (non-hydrogen) atoms. The molecule has 2 rings (SSSR count). The maximum atomic E-state index is 11.0. The number of nitrogens with one attached hydrogen (secondary N) is 1. The summed E-state index contributed by atoms with van der Waals surface area (Å²) in [6, 6.07) is 0.323. The van der Waals surface area contributed by atoms with Crippen LogP contribution in [0.3, 0.4) is 0 Å². The Morgan fingerprint density at radius 1 is 1.65 bits per heavy atom. The minimum atomic E-state index is -0.389. The summed E-state index contributed by atoms with van der Waals surface area (Å²) < 4.78 is 0.667. The highest BCUT2D eigenvalue weighted by Gasteiger charge is 2.26. The van der Waals surface area contributed by atoms with Crippen molar-refractivity contribution in [3.8, 4) is 0 Å². The van der Waals surface area contributed by atoms with Gasteiger partial charge in [0.1, 0.15) is 11.9 Å². The quantitative estimate of drug-likeness (QED) is 0.663. The van der Waals surface area contributed by atoms with E-state index in [-0.39, 0.29) is 10.6 Å². The summed E-state index contributed by atoms with van der Waals surface area (Å²) >= 11 is 3.34. The number of nitro groups is 1. The maximum absolute atomic E-state index is 11.0. The van der Waals surface area contributed by atoms with Gasteiger partial charge in [-0.1, -0.05) is 0 Å². The first-order chi connectivity index (χ1) is 8.09. The third kappa shape index (κ3) is 2.55. The van der Waals surface area contributed by atoms with Gasteiger partial charge in [0.05, 0.1) is 9.40 Å². The van der Waals surface area contributed by atoms with Gasteiger partial charge in [-0.05, 0) is 22.9 Å². The molecule has 1 aromatic heterocycles. The topological polar surface area (TPSA) is 71.3 Å². The highest BCUT2D eigenvalue weighted by Crippen LogP contribution is 2.34. The SMILES string of the molecule is C[C@@H]1CN(c2c(Br)cncc2[N+](=O)[O-])CCN1. The molecular formula is C10H13BrN4O2. The van der Waals surface area contributed by atoms with Crippen LogP contribution in [0.1, 0.15) is 6.92 Å². The monoisotopic (exact) mass is 300 g/mol. The summed E-state index contributed by atoms with van der Waals surface area (Å²) in [5.41, 5.74) is 0.673. The smallest absolute Gasteiger partial charge is 0.311 e. The fourth-order valence-electron chi connectivity index (χ4n) is 2.00. The van der Waals surface area contributed by atoms with Crippen LogP contribution in [0, 0.1) is 10.1 Å². The molecule has 0 spiro atoms. The average Bonchev–Trinajstić information content (AvgIpc) is 2.28. The Labute approximate surface area is 107 Å². The van der Waals surface area contributed by atoms with Crippen molar-refractivity contribution in [2.75, 3.05) is 24.5 Å². The fraction of sp³-hybridized carbons (Fsp3) is 0.500. The first-order valence-electron chi connectivity index (χ1n) is 5.36. The molecule has 0 bridgehead atoms. The Balaban J connectivity index is 2.39. The minimum Gasteiger partial charge on any atom is -0.362 e. The fourth-order valence-corrected chi connectivity index (χ4v) is 2.57. The minimum absolute atomic E-state index is 0.0495. The molecule has 92 valence electrons. The van der Waals surface area contributed by atoms with Crippen molar-refractivity contribution in [3.05, 3.63) is 27.0 Å². The molecule has 0 saturated carbocycles. The van der Waals surface area contributed by atoms with Crippen LogP contribution < -0.4 is 10.2 Å². The number of hydrogen-bond donors (Lipinski definition) is 1. The van der Waals surface area contributed by atoms with E-state index >= 15 is 0 Å². The van der Waals surface area contributed by atoms with Crippen LogP contribution in [0.5, 0.6) is 0 Å². The van der Waals surface area contributed by atoms with Gasteiger partial charge in [-0.2, -0.15) is 0 Å². The zero-order valence-corrected chi connectivity index (χ0v) is 11.0. The number of hydrogen-bond acceptors (Lipinski definition) is 5. The molecule has 7 heteroatoms. The molecule has 0 radical (unpaired) electrons. The lowest BCUT2D eigenvalue weighted by Crippen LogP contribution is -2.49. The summed E-state index contributed by atoms with van der Waals surface area (Å²) in [6.07, 6.45) is 2.89. The summed E-state index contributed by atoms with van der Waals surface area (Å²) in [5, 5.41) is 14.3. The van der Waals surface area contributed by atoms with Gasteiger partial charge >= 0.3 is 5.69 Å². The van der Waals surface area contributed by atoms with E-state index in [0.717, 1.165) is 19.6 Å². The maximum Gasteiger partial charge on any atom is 0.311 e. The average molecular weight is 301 g/mol. The predicted octanol–water partition coefficient (Wildman–Crippen LogP) is 1.55. The number of halogens is 1. The molecule has 1 saturated heterocycles. The van der Waals surface area contributed by atoms with Gasteiger partial charge in [0.15, 0.2) is 0 Å². The Morgan fingerprint density at radius 3 is 3.06 bits per heavy atom. The van der Waals surface area contributed by atoms with Crippen LogP contribution in [0.25, 0.3) is 0 Å². The predicted molar refractivity (Wildman–Crippen MR) is 68.3 cm³/mol. The highest BCUT2D eigenvalue weighted by molar-refractivity contribution is 9.10. The van der Waals surface area contributed by atoms with E-state index in [4.69, 9.17) is 0 Å². The van der Waals surface area contributed by atoms with E-state index in [1.165, 1.54) is 6.20 Å². The standard InChI is InChI=1S/C10H13BrN4O2/c1-7-6-14(3-2-13-7)10-8(11)4-12-5-9(10)15(16)17/h4-5,7,13H,2-3,6H2,1H3/t7-/m1/s1. The third-order valence-corrected chi connectivity index (χ3v) is 3.32. The van der Waals surface area contributed by atoms with Gasteiger partial charge in [-0.15, -0.1) is 0 Å². The first-order valence-corrected chi connectivity index (χ1v) is 6.15. The summed E-state index contributed by atoms with van der Waals surface area (Å²) in [7, 11) is 0. The molecule has 6 nitrogen and oxygen atoms in total. The second-order valence-electron chi connectivity index (χ2n) is 4.05. The van der Waals surface area contributed by atoms with Crippen LogP contribution >= 0.6 is 15.9 Å². The summed E-state index contributed by atoms with van der Waals surface area (Å²) in [5.74, 6) is 0. The molecular weight excluding hydrogens is 288 g/mol. The Bertz CT molecular complexity index is 440. The summed E-state index contributed by atoms with van der Waals surface area (Å²) in [4.78, 5) is 16.5. The highest BCUT2D eigenvalue weighted by atomic mass is 79.9. The van der Waals surface area contributed by atoms with Gasteiger partial charge in [0.25, 0.3) is 0 Å². The Morgan fingerprint density at radius 2 is 2.41 bits per heavy atom. The third-order valence-electron chi connectivity index (χ3n) is 2.74. The molecule has 0 amide bonds. The van der Waals surface area contributed by atoms with Gasteiger partial charge in [0, 0.05) is 31.9 Å². The molecule has 1 fully saturated rings. The van der Waals surface area contributed by atoms with Crippen LogP contribution in [0.4, 0.5) is 11.4 Å². The van der Waals surface area contributed by atoms with Gasteiger partial charge < -0.3 is 10.2 Å². The molecule has 1 N–H and O–H groups in total. The summed E-state index contributed by atoms with van der Waals surface area (Å²) in [6.45, 7) is 4.40. The van der Waals surface area contributed by atoms with Crippen LogP contribution in [0.15, 0.2) is 16.9 Å². The molecule has 1 aliphatic heterocycles. The number of rotatable bonds is 2. The van der Waals surface area contributed by atoms with E-state index < -0.39 is 0 Å². The second kappa shape index (κ2) is 4.97. The zero-order chi connectivity index (χ0) is 12.4. The van der Waals surface area contributed by atoms with Crippen molar-refractivity contribution >= 4 is 27.3 Å². The molecule has 1 aromatic rings. The molecule has 0 unspecified atom stereocenters. The molecule has 1 aliphatic rings. The molecule has 2 heterocycles. The van der Waals surface area contributed by atoms with E-state index in [1.807, 2.05) is 4.90 Å². The van der Waals surface area contributed by atoms with E-state index in [2.05, 4.69) is 33.2 Å². The van der Waals surface area contributed by atoms with Crippen LogP contribution in [-0.2, 0) is 0 Å². The number of piperazine rings is 1. The van der Waals surface area contributed by atoms with Crippen molar-refractivity contribution < 1.29 is 4.92 Å². The lowest BCUT2D eigenvalue weighted by Gasteiger charge is -2.33. The van der Waals surface area contributed by atoms with E-state index in [1.54, 1.807) is 6.20 Å². The lowest BCUT2D eigenvalue weighted by atomic mass is 10.2. The van der Waals surface area contributed by atoms with Crippen molar-refractivity contribution in [3.63, 3.8) is 0 Å². The van der Waals surface area contributed by atoms with E-state index in [0.29, 0.717) is 16.2 Å². The second-order valence-corrected chi connectivity index (χ2v) is 4.90. The number of pyridine rings is 1. The van der Waals surface area contributed by atoms with Crippen molar-refractivity contribution in [1.29, 1.82) is 0 Å². The number of aromatic nitrogens is 1. The van der Waals surface area contributed by atoms with Gasteiger partial charge in [-0.25, -0.2) is 0 Å². The van der Waals surface area contributed by atoms with Crippen molar-refractivity contribution in [2.45, 2.75) is 13.0 Å². The Hall–Kier alpha value is -1.21. The zero-order valence-electron chi connectivity index (χ0n) is 9.39. The first kappa shape index (κ1) is 12.3. The normalized spacial score (nSPS) is 20.4. The molecule has 1 atom stereocenters. The molecule has 0 aromatic carbocycles. The van der Waals surface area contributed by atoms with E-state index in [9.17, 15) is 10.1 Å². The van der Waals surface area contributed by atoms with Gasteiger partial charge in [0.2, 0.25) is 0 Å². The number of nitrogens with zero attached hydrogens (tertiary/aromatic N) is 3. The lowest BCUT2D eigenvalue weighted by molar-refractivity contribution is -0.384. The molecule has 0 aliphatic carbocycles. The Kier molecular flexibility index (Phi) is 3.58. The van der Waals surface area contributed by atoms with Gasteiger partial charge in [-0.3, -0.25) is 15.1 Å². The van der Waals surface area contributed by atoms with Crippen molar-refractivity contribution in [2.24, 2.45) is 0 Å².